The van der Waals surface area contributed by atoms with E-state index in [1.807, 2.05) is 72.8 Å². The fourth-order valence-corrected chi connectivity index (χ4v) is 3.90. The summed E-state index contributed by atoms with van der Waals surface area (Å²) < 4.78 is 5.85. The molecular formula is C26H22N4O2. The van der Waals surface area contributed by atoms with E-state index in [1.165, 1.54) is 5.56 Å². The second-order valence-electron chi connectivity index (χ2n) is 7.63. The Labute approximate surface area is 186 Å². The van der Waals surface area contributed by atoms with Crippen LogP contribution in [-0.4, -0.2) is 22.3 Å². The first kappa shape index (κ1) is 19.8. The number of nitrogens with one attached hydrogen (secondary N) is 2. The van der Waals surface area contributed by atoms with Crippen LogP contribution in [0.1, 0.15) is 32.7 Å². The quantitative estimate of drug-likeness (QED) is 0.354. The number of H-pyrrole nitrogens is 1. The molecule has 0 fully saturated rings. The molecule has 158 valence electrons. The Morgan fingerprint density at radius 2 is 1.88 bits per heavy atom. The zero-order chi connectivity index (χ0) is 21.8. The van der Waals surface area contributed by atoms with Gasteiger partial charge in [0.2, 0.25) is 0 Å². The third kappa shape index (κ3) is 4.16. The van der Waals surface area contributed by atoms with E-state index in [1.54, 1.807) is 6.21 Å². The van der Waals surface area contributed by atoms with Crippen LogP contribution in [0.25, 0.3) is 11.3 Å². The lowest BCUT2D eigenvalue weighted by Crippen LogP contribution is -2.20. The molecule has 1 amide bonds. The topological polar surface area (TPSA) is 79.4 Å². The molecule has 0 saturated carbocycles. The molecule has 3 aromatic carbocycles. The van der Waals surface area contributed by atoms with Crippen molar-refractivity contribution in [2.75, 3.05) is 0 Å². The van der Waals surface area contributed by atoms with Gasteiger partial charge in [-0.3, -0.25) is 9.89 Å². The highest BCUT2D eigenvalue weighted by Crippen LogP contribution is 2.33. The van der Waals surface area contributed by atoms with Crippen LogP contribution < -0.4 is 10.2 Å². The normalized spacial score (nSPS) is 12.2. The molecule has 0 saturated heterocycles. The zero-order valence-electron chi connectivity index (χ0n) is 17.4. The van der Waals surface area contributed by atoms with Gasteiger partial charge in [0.05, 0.1) is 11.9 Å². The number of fused-ring (bicyclic) bond motifs is 3. The Bertz CT molecular complexity index is 1280. The number of carbonyl (C=O) groups excluding carboxylic acids is 1. The maximum atomic E-state index is 12.7. The van der Waals surface area contributed by atoms with E-state index < -0.39 is 0 Å². The second kappa shape index (κ2) is 8.89. The van der Waals surface area contributed by atoms with Crippen molar-refractivity contribution < 1.29 is 9.53 Å². The summed E-state index contributed by atoms with van der Waals surface area (Å²) in [6, 6.07) is 25.7. The summed E-state index contributed by atoms with van der Waals surface area (Å²) >= 11 is 0. The van der Waals surface area contributed by atoms with Crippen LogP contribution in [0.15, 0.2) is 84.0 Å². The zero-order valence-corrected chi connectivity index (χ0v) is 17.4. The Balaban J connectivity index is 1.24. The van der Waals surface area contributed by atoms with E-state index in [0.717, 1.165) is 46.5 Å². The summed E-state index contributed by atoms with van der Waals surface area (Å²) in [5.74, 6) is 0.441. The maximum Gasteiger partial charge on any atom is 0.289 e. The fourth-order valence-electron chi connectivity index (χ4n) is 3.90. The first-order valence-electron chi connectivity index (χ1n) is 10.5. The van der Waals surface area contributed by atoms with Crippen LogP contribution in [0.2, 0.25) is 0 Å². The summed E-state index contributed by atoms with van der Waals surface area (Å²) in [7, 11) is 0. The predicted octanol–water partition coefficient (Wildman–Crippen LogP) is 4.52. The Hall–Kier alpha value is -4.19. The number of hydrogen-bond acceptors (Lipinski definition) is 4. The third-order valence-corrected chi connectivity index (χ3v) is 5.50. The van der Waals surface area contributed by atoms with E-state index in [4.69, 9.17) is 4.74 Å². The van der Waals surface area contributed by atoms with Crippen LogP contribution in [0.5, 0.6) is 5.75 Å². The lowest BCUT2D eigenvalue weighted by atomic mass is 9.89. The first-order valence-corrected chi connectivity index (χ1v) is 10.5. The molecule has 1 aliphatic carbocycles. The SMILES string of the molecule is O=C(N/N=C\c1cccc(OCc2ccccc2)c1)c1[nH]nc2c1CCc1ccccc1-2. The predicted molar refractivity (Wildman–Crippen MR) is 124 cm³/mol. The van der Waals surface area contributed by atoms with Gasteiger partial charge in [-0.2, -0.15) is 10.2 Å². The van der Waals surface area contributed by atoms with Gasteiger partial charge >= 0.3 is 0 Å². The summed E-state index contributed by atoms with van der Waals surface area (Å²) in [5, 5.41) is 11.4. The maximum absolute atomic E-state index is 12.7. The van der Waals surface area contributed by atoms with Crippen molar-refractivity contribution in [2.24, 2.45) is 5.10 Å². The molecule has 4 aromatic rings. The lowest BCUT2D eigenvalue weighted by molar-refractivity contribution is 0.0949. The molecule has 1 aromatic heterocycles. The minimum Gasteiger partial charge on any atom is -0.489 e. The monoisotopic (exact) mass is 422 g/mol. The van der Waals surface area contributed by atoms with Crippen LogP contribution in [-0.2, 0) is 19.4 Å². The van der Waals surface area contributed by atoms with Crippen LogP contribution in [0.4, 0.5) is 0 Å². The highest BCUT2D eigenvalue weighted by Gasteiger charge is 2.24. The number of hydrazone groups is 1. The fraction of sp³-hybridized carbons (Fsp3) is 0.115. The number of amides is 1. The summed E-state index contributed by atoms with van der Waals surface area (Å²) in [5.41, 5.74) is 9.13. The smallest absolute Gasteiger partial charge is 0.289 e. The molecule has 0 spiro atoms. The average Bonchev–Trinajstić information content (AvgIpc) is 3.29. The standard InChI is InChI=1S/C26H22N4O2/c31-26(25-23-14-13-20-10-4-5-12-22(20)24(23)28-29-25)30-27-16-19-9-6-11-21(15-19)32-17-18-7-2-1-3-8-18/h1-12,15-16H,13-14,17H2,(H,28,29)(H,30,31)/b27-16-. The van der Waals surface area contributed by atoms with Crippen molar-refractivity contribution in [1.29, 1.82) is 0 Å². The van der Waals surface area contributed by atoms with E-state index in [0.29, 0.717) is 12.3 Å². The number of rotatable bonds is 6. The molecule has 0 radical (unpaired) electrons. The highest BCUT2D eigenvalue weighted by atomic mass is 16.5. The van der Waals surface area contributed by atoms with Crippen molar-refractivity contribution in [1.82, 2.24) is 15.6 Å². The second-order valence-corrected chi connectivity index (χ2v) is 7.63. The Morgan fingerprint density at radius 3 is 2.78 bits per heavy atom. The van der Waals surface area contributed by atoms with Gasteiger partial charge in [0.15, 0.2) is 0 Å². The van der Waals surface area contributed by atoms with Crippen molar-refractivity contribution in [3.05, 3.63) is 107 Å². The number of benzene rings is 3. The Morgan fingerprint density at radius 1 is 1.03 bits per heavy atom. The van der Waals surface area contributed by atoms with Crippen LogP contribution >= 0.6 is 0 Å². The van der Waals surface area contributed by atoms with E-state index in [-0.39, 0.29) is 5.91 Å². The number of aromatic amines is 1. The largest absolute Gasteiger partial charge is 0.489 e. The molecule has 0 atom stereocenters. The average molecular weight is 422 g/mol. The van der Waals surface area contributed by atoms with E-state index in [2.05, 4.69) is 26.8 Å². The molecule has 0 unspecified atom stereocenters. The van der Waals surface area contributed by atoms with Crippen molar-refractivity contribution >= 4 is 12.1 Å². The van der Waals surface area contributed by atoms with Gasteiger partial charge in [-0.1, -0.05) is 66.7 Å². The number of hydrogen-bond donors (Lipinski definition) is 2. The molecule has 5 rings (SSSR count). The lowest BCUT2D eigenvalue weighted by Gasteiger charge is -2.15. The number of aryl methyl sites for hydroxylation is 1. The van der Waals surface area contributed by atoms with E-state index >= 15 is 0 Å². The number of nitrogens with zero attached hydrogens (tertiary/aromatic N) is 2. The van der Waals surface area contributed by atoms with Gasteiger partial charge in [0, 0.05) is 11.1 Å². The molecular weight excluding hydrogens is 400 g/mol. The number of ether oxygens (including phenoxy) is 1. The molecule has 1 aliphatic rings. The molecule has 32 heavy (non-hydrogen) atoms. The first-order chi connectivity index (χ1) is 15.8. The highest BCUT2D eigenvalue weighted by molar-refractivity contribution is 5.96. The molecule has 6 nitrogen and oxygen atoms in total. The van der Waals surface area contributed by atoms with Gasteiger partial charge in [0.1, 0.15) is 18.1 Å². The van der Waals surface area contributed by atoms with Crippen molar-refractivity contribution in [3.63, 3.8) is 0 Å². The van der Waals surface area contributed by atoms with Gasteiger partial charge < -0.3 is 4.74 Å². The minimum absolute atomic E-state index is 0.300. The number of aromatic nitrogens is 2. The molecule has 6 heteroatoms. The van der Waals surface area contributed by atoms with Crippen molar-refractivity contribution in [2.45, 2.75) is 19.4 Å². The van der Waals surface area contributed by atoms with E-state index in [9.17, 15) is 4.79 Å². The molecule has 0 aliphatic heterocycles. The molecule has 0 bridgehead atoms. The van der Waals surface area contributed by atoms with Gasteiger partial charge in [-0.15, -0.1) is 0 Å². The minimum atomic E-state index is -0.300. The van der Waals surface area contributed by atoms with Gasteiger partial charge in [-0.25, -0.2) is 5.43 Å². The summed E-state index contributed by atoms with van der Waals surface area (Å²) in [6.07, 6.45) is 3.27. The van der Waals surface area contributed by atoms with Gasteiger partial charge in [-0.05, 0) is 41.7 Å². The third-order valence-electron chi connectivity index (χ3n) is 5.50. The van der Waals surface area contributed by atoms with Crippen molar-refractivity contribution in [3.8, 4) is 17.0 Å². The number of carbonyl (C=O) groups is 1. The Kier molecular flexibility index (Phi) is 5.49. The molecule has 1 heterocycles. The van der Waals surface area contributed by atoms with Gasteiger partial charge in [0.25, 0.3) is 5.91 Å². The van der Waals surface area contributed by atoms with Crippen LogP contribution in [0.3, 0.4) is 0 Å². The van der Waals surface area contributed by atoms with Crippen LogP contribution in [0, 0.1) is 0 Å². The summed E-state index contributed by atoms with van der Waals surface area (Å²) in [4.78, 5) is 12.7. The summed E-state index contributed by atoms with van der Waals surface area (Å²) in [6.45, 7) is 0.492. The molecule has 2 N–H and O–H groups in total.